The molecule has 0 saturated carbocycles. The molecule has 1 heterocycles. The molecule has 0 saturated heterocycles. The summed E-state index contributed by atoms with van der Waals surface area (Å²) in [7, 11) is 0. The Bertz CT molecular complexity index is 416. The summed E-state index contributed by atoms with van der Waals surface area (Å²) in [6.07, 6.45) is 0. The lowest BCUT2D eigenvalue weighted by Crippen LogP contribution is -2.14. The van der Waals surface area contributed by atoms with Gasteiger partial charge in [0.1, 0.15) is 11.4 Å². The van der Waals surface area contributed by atoms with Gasteiger partial charge < -0.3 is 10.1 Å². The molecular formula is C11H14N2O3. The van der Waals surface area contributed by atoms with E-state index in [0.29, 0.717) is 0 Å². The molecule has 0 aliphatic heterocycles. The molecule has 0 bridgehead atoms. The first-order valence-corrected chi connectivity index (χ1v) is 4.97. The molecule has 0 aliphatic rings. The number of nitrogens with zero attached hydrogens (tertiary/aromatic N) is 1. The number of hydrogen-bond acceptors (Lipinski definition) is 4. The van der Waals surface area contributed by atoms with Crippen LogP contribution in [0.25, 0.3) is 0 Å². The Morgan fingerprint density at radius 3 is 2.69 bits per heavy atom. The van der Waals surface area contributed by atoms with E-state index in [1.807, 2.05) is 0 Å². The summed E-state index contributed by atoms with van der Waals surface area (Å²) in [5.74, 6) is -0.520. The monoisotopic (exact) mass is 222 g/mol. The number of aromatic nitrogens is 1. The Kier molecular flexibility index (Phi) is 3.99. The fourth-order valence-electron chi connectivity index (χ4n) is 1.19. The molecule has 1 amide bonds. The maximum absolute atomic E-state index is 11.5. The zero-order valence-corrected chi connectivity index (χ0v) is 9.53. The number of carbonyl (C=O) groups is 2. The molecule has 0 unspecified atom stereocenters. The SMILES string of the molecule is CCOC(=O)c1ccc(C)nc1NC(C)=O. The molecule has 0 aliphatic carbocycles. The van der Waals surface area contributed by atoms with Gasteiger partial charge in [-0.3, -0.25) is 4.79 Å². The highest BCUT2D eigenvalue weighted by Gasteiger charge is 2.14. The van der Waals surface area contributed by atoms with E-state index < -0.39 is 5.97 Å². The zero-order valence-electron chi connectivity index (χ0n) is 9.53. The van der Waals surface area contributed by atoms with Gasteiger partial charge in [-0.05, 0) is 26.0 Å². The van der Waals surface area contributed by atoms with E-state index in [-0.39, 0.29) is 23.9 Å². The molecule has 1 rings (SSSR count). The van der Waals surface area contributed by atoms with Gasteiger partial charge in [0.05, 0.1) is 6.61 Å². The third-order valence-electron chi connectivity index (χ3n) is 1.82. The van der Waals surface area contributed by atoms with Gasteiger partial charge in [-0.15, -0.1) is 0 Å². The number of esters is 1. The van der Waals surface area contributed by atoms with Crippen molar-refractivity contribution in [1.29, 1.82) is 0 Å². The summed E-state index contributed by atoms with van der Waals surface area (Å²) in [5, 5.41) is 2.50. The van der Waals surface area contributed by atoms with Crippen LogP contribution in [0.1, 0.15) is 29.9 Å². The van der Waals surface area contributed by atoms with Gasteiger partial charge in [-0.25, -0.2) is 9.78 Å². The van der Waals surface area contributed by atoms with Crippen LogP contribution in [0.2, 0.25) is 0 Å². The van der Waals surface area contributed by atoms with E-state index in [4.69, 9.17) is 4.74 Å². The van der Waals surface area contributed by atoms with Crippen molar-refractivity contribution >= 4 is 17.7 Å². The van der Waals surface area contributed by atoms with Crippen molar-refractivity contribution in [3.05, 3.63) is 23.4 Å². The molecule has 1 N–H and O–H groups in total. The molecule has 5 heteroatoms. The number of pyridine rings is 1. The summed E-state index contributed by atoms with van der Waals surface area (Å²) >= 11 is 0. The second kappa shape index (κ2) is 5.25. The molecule has 0 radical (unpaired) electrons. The van der Waals surface area contributed by atoms with Crippen LogP contribution in [0.5, 0.6) is 0 Å². The standard InChI is InChI=1S/C11H14N2O3/c1-4-16-11(15)9-6-5-7(2)12-10(9)13-8(3)14/h5-6H,4H2,1-3H3,(H,12,13,14). The van der Waals surface area contributed by atoms with Crippen LogP contribution in [0, 0.1) is 6.92 Å². The first kappa shape index (κ1) is 12.2. The lowest BCUT2D eigenvalue weighted by molar-refractivity contribution is -0.114. The van der Waals surface area contributed by atoms with E-state index >= 15 is 0 Å². The van der Waals surface area contributed by atoms with Gasteiger partial charge in [-0.2, -0.15) is 0 Å². The van der Waals surface area contributed by atoms with Crippen LogP contribution < -0.4 is 5.32 Å². The van der Waals surface area contributed by atoms with Crippen LogP contribution in [0.3, 0.4) is 0 Å². The van der Waals surface area contributed by atoms with E-state index in [0.717, 1.165) is 5.69 Å². The second-order valence-corrected chi connectivity index (χ2v) is 3.25. The predicted molar refractivity (Wildman–Crippen MR) is 59.2 cm³/mol. The van der Waals surface area contributed by atoms with Crippen molar-refractivity contribution in [3.8, 4) is 0 Å². The Morgan fingerprint density at radius 2 is 2.12 bits per heavy atom. The smallest absolute Gasteiger partial charge is 0.341 e. The summed E-state index contributed by atoms with van der Waals surface area (Å²) in [6.45, 7) is 5.14. The third kappa shape index (κ3) is 3.05. The van der Waals surface area contributed by atoms with Gasteiger partial charge in [0, 0.05) is 12.6 Å². The molecule has 0 spiro atoms. The quantitative estimate of drug-likeness (QED) is 0.787. The molecule has 0 fully saturated rings. The Labute approximate surface area is 93.8 Å². The van der Waals surface area contributed by atoms with Crippen LogP contribution in [-0.4, -0.2) is 23.5 Å². The lowest BCUT2D eigenvalue weighted by Gasteiger charge is -2.08. The molecule has 16 heavy (non-hydrogen) atoms. The van der Waals surface area contributed by atoms with Crippen molar-refractivity contribution in [1.82, 2.24) is 4.98 Å². The number of rotatable bonds is 3. The van der Waals surface area contributed by atoms with Crippen LogP contribution in [-0.2, 0) is 9.53 Å². The Morgan fingerprint density at radius 1 is 1.44 bits per heavy atom. The highest BCUT2D eigenvalue weighted by molar-refractivity contribution is 5.99. The molecule has 0 aromatic carbocycles. The maximum Gasteiger partial charge on any atom is 0.341 e. The topological polar surface area (TPSA) is 68.3 Å². The molecule has 1 aromatic heterocycles. The average Bonchev–Trinajstić information content (AvgIpc) is 2.16. The minimum Gasteiger partial charge on any atom is -0.462 e. The van der Waals surface area contributed by atoms with Crippen molar-refractivity contribution < 1.29 is 14.3 Å². The van der Waals surface area contributed by atoms with Crippen LogP contribution in [0.4, 0.5) is 5.82 Å². The Balaban J connectivity index is 3.06. The van der Waals surface area contributed by atoms with E-state index in [1.165, 1.54) is 6.92 Å². The minimum absolute atomic E-state index is 0.242. The maximum atomic E-state index is 11.5. The predicted octanol–water partition coefficient (Wildman–Crippen LogP) is 1.53. The summed E-state index contributed by atoms with van der Waals surface area (Å²) < 4.78 is 4.86. The fourth-order valence-corrected chi connectivity index (χ4v) is 1.19. The second-order valence-electron chi connectivity index (χ2n) is 3.25. The van der Waals surface area contributed by atoms with Gasteiger partial charge in [-0.1, -0.05) is 0 Å². The highest BCUT2D eigenvalue weighted by atomic mass is 16.5. The van der Waals surface area contributed by atoms with Crippen molar-refractivity contribution in [2.45, 2.75) is 20.8 Å². The van der Waals surface area contributed by atoms with Gasteiger partial charge in [0.15, 0.2) is 0 Å². The molecular weight excluding hydrogens is 208 g/mol. The largest absolute Gasteiger partial charge is 0.462 e. The molecule has 86 valence electrons. The summed E-state index contributed by atoms with van der Waals surface area (Å²) in [5.41, 5.74) is 0.986. The molecule has 1 aromatic rings. The number of ether oxygens (including phenoxy) is 1. The normalized spacial score (nSPS) is 9.69. The van der Waals surface area contributed by atoms with Crippen molar-refractivity contribution in [3.63, 3.8) is 0 Å². The van der Waals surface area contributed by atoms with Gasteiger partial charge >= 0.3 is 5.97 Å². The van der Waals surface area contributed by atoms with Crippen LogP contribution >= 0.6 is 0 Å². The highest BCUT2D eigenvalue weighted by Crippen LogP contribution is 2.14. The van der Waals surface area contributed by atoms with Crippen molar-refractivity contribution in [2.75, 3.05) is 11.9 Å². The van der Waals surface area contributed by atoms with E-state index in [9.17, 15) is 9.59 Å². The average molecular weight is 222 g/mol. The summed E-state index contributed by atoms with van der Waals surface area (Å²) in [6, 6.07) is 3.28. The first-order valence-electron chi connectivity index (χ1n) is 4.97. The fraction of sp³-hybridized carbons (Fsp3) is 0.364. The van der Waals surface area contributed by atoms with E-state index in [2.05, 4.69) is 10.3 Å². The Hall–Kier alpha value is -1.91. The molecule has 5 nitrogen and oxygen atoms in total. The number of amides is 1. The number of hydrogen-bond donors (Lipinski definition) is 1. The van der Waals surface area contributed by atoms with Gasteiger partial charge in [0.25, 0.3) is 0 Å². The number of nitrogens with one attached hydrogen (secondary N) is 1. The van der Waals surface area contributed by atoms with Crippen molar-refractivity contribution in [2.24, 2.45) is 0 Å². The lowest BCUT2D eigenvalue weighted by atomic mass is 10.2. The number of aryl methyl sites for hydroxylation is 1. The molecule has 0 atom stereocenters. The zero-order chi connectivity index (χ0) is 12.1. The number of carbonyl (C=O) groups excluding carboxylic acids is 2. The first-order chi connectivity index (χ1) is 7.54. The van der Waals surface area contributed by atoms with E-state index in [1.54, 1.807) is 26.0 Å². The third-order valence-corrected chi connectivity index (χ3v) is 1.82. The van der Waals surface area contributed by atoms with Gasteiger partial charge in [0.2, 0.25) is 5.91 Å². The number of anilines is 1. The summed E-state index contributed by atoms with van der Waals surface area (Å²) in [4.78, 5) is 26.6. The minimum atomic E-state index is -0.487. The van der Waals surface area contributed by atoms with Crippen LogP contribution in [0.15, 0.2) is 12.1 Å².